The maximum Gasteiger partial charge on any atom is 0.416 e. The highest BCUT2D eigenvalue weighted by Crippen LogP contribution is 2.29. The number of amides is 2. The van der Waals surface area contributed by atoms with E-state index in [0.29, 0.717) is 0 Å². The fourth-order valence-electron chi connectivity index (χ4n) is 1.86. The van der Waals surface area contributed by atoms with Gasteiger partial charge in [0.25, 0.3) is 5.91 Å². The Bertz CT molecular complexity index is 545. The third kappa shape index (κ3) is 2.74. The van der Waals surface area contributed by atoms with Gasteiger partial charge >= 0.3 is 6.18 Å². The zero-order valence-corrected chi connectivity index (χ0v) is 10.2. The zero-order valence-electron chi connectivity index (χ0n) is 10.2. The lowest BCUT2D eigenvalue weighted by atomic mass is 9.98. The van der Waals surface area contributed by atoms with Crippen LogP contribution in [0.2, 0.25) is 0 Å². The first-order valence-electron chi connectivity index (χ1n) is 5.81. The second-order valence-electron chi connectivity index (χ2n) is 4.38. The number of benzene rings is 1. The molecule has 4 N–H and O–H groups in total. The molecule has 1 aliphatic rings. The smallest absolute Gasteiger partial charge is 0.348 e. The number of hydrogen-bond acceptors (Lipinski definition) is 3. The van der Waals surface area contributed by atoms with Gasteiger partial charge in [-0.2, -0.15) is 13.2 Å². The maximum atomic E-state index is 12.5. The van der Waals surface area contributed by atoms with E-state index in [1.54, 1.807) is 0 Å². The molecular weight excluding hydrogens is 275 g/mol. The molecule has 20 heavy (non-hydrogen) atoms. The zero-order chi connectivity index (χ0) is 14.9. The van der Waals surface area contributed by atoms with Crippen LogP contribution in [0.1, 0.15) is 15.9 Å². The Morgan fingerprint density at radius 1 is 1.40 bits per heavy atom. The van der Waals surface area contributed by atoms with Gasteiger partial charge in [-0.3, -0.25) is 9.59 Å². The maximum absolute atomic E-state index is 12.5. The van der Waals surface area contributed by atoms with E-state index in [-0.39, 0.29) is 12.1 Å². The molecule has 0 aliphatic carbocycles. The van der Waals surface area contributed by atoms with E-state index in [4.69, 9.17) is 5.73 Å². The van der Waals surface area contributed by atoms with Gasteiger partial charge in [0.1, 0.15) is 6.04 Å². The quantitative estimate of drug-likeness (QED) is 0.697. The summed E-state index contributed by atoms with van der Waals surface area (Å²) < 4.78 is 37.6. The van der Waals surface area contributed by atoms with Gasteiger partial charge in [-0.1, -0.05) is 6.07 Å². The van der Waals surface area contributed by atoms with Crippen LogP contribution in [0.15, 0.2) is 24.3 Å². The highest BCUT2D eigenvalue weighted by Gasteiger charge is 2.39. The minimum absolute atomic E-state index is 0.138. The first-order chi connectivity index (χ1) is 9.32. The number of alkyl halides is 3. The Hall–Kier alpha value is -2.09. The van der Waals surface area contributed by atoms with Gasteiger partial charge in [0.2, 0.25) is 5.91 Å². The van der Waals surface area contributed by atoms with Crippen LogP contribution in [0.5, 0.6) is 0 Å². The summed E-state index contributed by atoms with van der Waals surface area (Å²) in [5.41, 5.74) is 4.29. The van der Waals surface area contributed by atoms with Crippen LogP contribution >= 0.6 is 0 Å². The highest BCUT2D eigenvalue weighted by atomic mass is 19.4. The first-order valence-corrected chi connectivity index (χ1v) is 5.81. The highest BCUT2D eigenvalue weighted by molar-refractivity contribution is 6.00. The molecule has 108 valence electrons. The van der Waals surface area contributed by atoms with Crippen molar-refractivity contribution in [2.75, 3.05) is 6.54 Å². The van der Waals surface area contributed by atoms with Crippen molar-refractivity contribution < 1.29 is 22.8 Å². The molecule has 2 rings (SSSR count). The van der Waals surface area contributed by atoms with Crippen LogP contribution in [0, 0.1) is 0 Å². The second kappa shape index (κ2) is 5.12. The number of nitrogens with one attached hydrogen (secondary N) is 2. The van der Waals surface area contributed by atoms with E-state index in [1.165, 1.54) is 6.07 Å². The van der Waals surface area contributed by atoms with Gasteiger partial charge in [0.05, 0.1) is 11.6 Å². The molecule has 1 fully saturated rings. The molecule has 1 aromatic rings. The monoisotopic (exact) mass is 287 g/mol. The predicted octanol–water partition coefficient (Wildman–Crippen LogP) is 0.261. The van der Waals surface area contributed by atoms with Crippen molar-refractivity contribution in [1.82, 2.24) is 10.6 Å². The van der Waals surface area contributed by atoms with Crippen molar-refractivity contribution in [2.24, 2.45) is 5.73 Å². The van der Waals surface area contributed by atoms with E-state index in [9.17, 15) is 22.8 Å². The van der Waals surface area contributed by atoms with Crippen molar-refractivity contribution in [3.05, 3.63) is 35.4 Å². The number of β-lactam (4-membered cyclic amide) rings is 1. The molecule has 5 nitrogen and oxygen atoms in total. The summed E-state index contributed by atoms with van der Waals surface area (Å²) in [6.45, 7) is 0.138. The molecule has 1 aliphatic heterocycles. The number of nitrogens with two attached hydrogens (primary N) is 1. The standard InChI is InChI=1S/C12H12F3N3O2/c13-12(14,15)7-3-1-2-6(4-7)10(19)18-9-8(5-16)17-11(9)20/h1-4,8-9H,5,16H2,(H,17,20)(H,18,19). The van der Waals surface area contributed by atoms with E-state index in [1.807, 2.05) is 0 Å². The van der Waals surface area contributed by atoms with Gasteiger partial charge in [-0.25, -0.2) is 0 Å². The summed E-state index contributed by atoms with van der Waals surface area (Å²) in [7, 11) is 0. The molecule has 2 unspecified atom stereocenters. The SMILES string of the molecule is NCC1NC(=O)C1NC(=O)c1cccc(C(F)(F)F)c1. The molecule has 2 amide bonds. The van der Waals surface area contributed by atoms with E-state index in [0.717, 1.165) is 18.2 Å². The predicted molar refractivity (Wildman–Crippen MR) is 63.7 cm³/mol. The average molecular weight is 287 g/mol. The third-order valence-corrected chi connectivity index (χ3v) is 3.01. The summed E-state index contributed by atoms with van der Waals surface area (Å²) in [5, 5.41) is 4.84. The molecule has 0 bridgehead atoms. The fraction of sp³-hybridized carbons (Fsp3) is 0.333. The van der Waals surface area contributed by atoms with Crippen molar-refractivity contribution in [3.63, 3.8) is 0 Å². The van der Waals surface area contributed by atoms with Crippen LogP contribution in [0.4, 0.5) is 13.2 Å². The topological polar surface area (TPSA) is 84.2 Å². The van der Waals surface area contributed by atoms with Gasteiger partial charge < -0.3 is 16.4 Å². The Labute approximate surface area is 112 Å². The third-order valence-electron chi connectivity index (χ3n) is 3.01. The van der Waals surface area contributed by atoms with Crippen LogP contribution < -0.4 is 16.4 Å². The van der Waals surface area contributed by atoms with Gasteiger partial charge in [0, 0.05) is 12.1 Å². The first kappa shape index (κ1) is 14.3. The van der Waals surface area contributed by atoms with Crippen LogP contribution in [-0.4, -0.2) is 30.4 Å². The Kier molecular flexibility index (Phi) is 3.67. The minimum atomic E-state index is -4.52. The fourth-order valence-corrected chi connectivity index (χ4v) is 1.86. The van der Waals surface area contributed by atoms with Gasteiger partial charge in [-0.15, -0.1) is 0 Å². The molecule has 0 aromatic heterocycles. The number of carbonyl (C=O) groups excluding carboxylic acids is 2. The van der Waals surface area contributed by atoms with Crippen LogP contribution in [-0.2, 0) is 11.0 Å². The van der Waals surface area contributed by atoms with Gasteiger partial charge in [-0.05, 0) is 18.2 Å². The van der Waals surface area contributed by atoms with Crippen molar-refractivity contribution in [1.29, 1.82) is 0 Å². The number of rotatable bonds is 3. The second-order valence-corrected chi connectivity index (χ2v) is 4.38. The Morgan fingerprint density at radius 3 is 2.65 bits per heavy atom. The Balaban J connectivity index is 2.12. The van der Waals surface area contributed by atoms with E-state index in [2.05, 4.69) is 10.6 Å². The molecular formula is C12H12F3N3O2. The van der Waals surface area contributed by atoms with Crippen molar-refractivity contribution in [2.45, 2.75) is 18.3 Å². The largest absolute Gasteiger partial charge is 0.416 e. The normalized spacial score (nSPS) is 21.9. The van der Waals surface area contributed by atoms with E-state index >= 15 is 0 Å². The molecule has 0 spiro atoms. The van der Waals surface area contributed by atoms with Crippen LogP contribution in [0.3, 0.4) is 0 Å². The molecule has 0 saturated carbocycles. The van der Waals surface area contributed by atoms with Gasteiger partial charge in [0.15, 0.2) is 0 Å². The molecule has 2 atom stereocenters. The lowest BCUT2D eigenvalue weighted by Crippen LogP contribution is -2.71. The number of halogens is 3. The van der Waals surface area contributed by atoms with E-state index < -0.39 is 35.6 Å². The summed E-state index contributed by atoms with van der Waals surface area (Å²) in [5.74, 6) is -1.14. The van der Waals surface area contributed by atoms with Crippen LogP contribution in [0.25, 0.3) is 0 Å². The molecule has 1 aromatic carbocycles. The minimum Gasteiger partial charge on any atom is -0.348 e. The Morgan fingerprint density at radius 2 is 2.10 bits per heavy atom. The molecule has 0 radical (unpaired) electrons. The summed E-state index contributed by atoms with van der Waals surface area (Å²) in [6.07, 6.45) is -4.52. The lowest BCUT2D eigenvalue weighted by Gasteiger charge is -2.36. The summed E-state index contributed by atoms with van der Waals surface area (Å²) >= 11 is 0. The molecule has 8 heteroatoms. The molecule has 1 heterocycles. The van der Waals surface area contributed by atoms with Crippen molar-refractivity contribution in [3.8, 4) is 0 Å². The lowest BCUT2D eigenvalue weighted by molar-refractivity contribution is -0.137. The molecule has 1 saturated heterocycles. The van der Waals surface area contributed by atoms with Crippen molar-refractivity contribution >= 4 is 11.8 Å². The number of hydrogen-bond donors (Lipinski definition) is 3. The summed E-state index contributed by atoms with van der Waals surface area (Å²) in [4.78, 5) is 23.1. The summed E-state index contributed by atoms with van der Waals surface area (Å²) in [6, 6.07) is 2.80. The number of carbonyl (C=O) groups is 2. The average Bonchev–Trinajstić information content (AvgIpc) is 2.41.